The van der Waals surface area contributed by atoms with Crippen molar-refractivity contribution < 1.29 is 0 Å². The minimum Gasteiger partial charge on any atom is -0.0585 e. The Kier molecular flexibility index (Phi) is 3.51. The minimum absolute atomic E-state index is 0.161. The summed E-state index contributed by atoms with van der Waals surface area (Å²) in [7, 11) is 0. The fourth-order valence-corrected chi connectivity index (χ4v) is 5.06. The highest BCUT2D eigenvalue weighted by molar-refractivity contribution is 5.59. The minimum atomic E-state index is 0.161. The quantitative estimate of drug-likeness (QED) is 0.510. The van der Waals surface area contributed by atoms with Gasteiger partial charge in [-0.15, -0.1) is 0 Å². The summed E-state index contributed by atoms with van der Waals surface area (Å²) in [5, 5.41) is 0. The molecule has 0 N–H and O–H groups in total. The van der Waals surface area contributed by atoms with E-state index in [1.54, 1.807) is 11.1 Å². The molecule has 0 spiro atoms. The van der Waals surface area contributed by atoms with Gasteiger partial charge in [-0.2, -0.15) is 0 Å². The van der Waals surface area contributed by atoms with Crippen molar-refractivity contribution in [3.8, 4) is 0 Å². The van der Waals surface area contributed by atoms with Crippen molar-refractivity contribution in [2.24, 2.45) is 10.8 Å². The second kappa shape index (κ2) is 4.40. The van der Waals surface area contributed by atoms with Crippen molar-refractivity contribution >= 4 is 0 Å². The topological polar surface area (TPSA) is 0 Å². The summed E-state index contributed by atoms with van der Waals surface area (Å²) in [5.41, 5.74) is 9.98. The Balaban J connectivity index is 3.11. The van der Waals surface area contributed by atoms with Gasteiger partial charge in [0.2, 0.25) is 0 Å². The zero-order valence-corrected chi connectivity index (χ0v) is 17.0. The van der Waals surface area contributed by atoms with Crippen LogP contribution in [-0.4, -0.2) is 0 Å². The van der Waals surface area contributed by atoms with Crippen LogP contribution in [0.15, 0.2) is 0 Å². The van der Waals surface area contributed by atoms with Crippen LogP contribution < -0.4 is 0 Å². The first-order valence-electron chi connectivity index (χ1n) is 8.75. The zero-order chi connectivity index (χ0) is 17.5. The molecule has 0 fully saturated rings. The Morgan fingerprint density at radius 1 is 0.409 bits per heavy atom. The Bertz CT molecular complexity index is 580. The third-order valence-corrected chi connectivity index (χ3v) is 8.62. The average molecular weight is 301 g/mol. The van der Waals surface area contributed by atoms with E-state index in [9.17, 15) is 0 Å². The van der Waals surface area contributed by atoms with Gasteiger partial charge in [-0.3, -0.25) is 0 Å². The van der Waals surface area contributed by atoms with E-state index in [1.807, 2.05) is 0 Å². The van der Waals surface area contributed by atoms with Crippen molar-refractivity contribution in [3.63, 3.8) is 0 Å². The lowest BCUT2D eigenvalue weighted by molar-refractivity contribution is -0.0448. The molecule has 1 aliphatic rings. The van der Waals surface area contributed by atoms with E-state index in [1.165, 1.54) is 22.3 Å². The van der Waals surface area contributed by atoms with E-state index < -0.39 is 0 Å². The van der Waals surface area contributed by atoms with Crippen LogP contribution in [0.5, 0.6) is 0 Å². The van der Waals surface area contributed by atoms with Gasteiger partial charge in [0, 0.05) is 0 Å². The Labute approximate surface area is 138 Å². The lowest BCUT2D eigenvalue weighted by Crippen LogP contribution is -2.60. The summed E-state index contributed by atoms with van der Waals surface area (Å²) in [6.45, 7) is 29.0. The van der Waals surface area contributed by atoms with Crippen molar-refractivity contribution in [3.05, 3.63) is 33.4 Å². The molecule has 0 saturated heterocycles. The van der Waals surface area contributed by atoms with Gasteiger partial charge in [0.25, 0.3) is 0 Å². The van der Waals surface area contributed by atoms with Gasteiger partial charge in [-0.25, -0.2) is 0 Å². The first-order chi connectivity index (χ1) is 9.64. The van der Waals surface area contributed by atoms with Crippen molar-refractivity contribution in [1.82, 2.24) is 0 Å². The highest BCUT2D eigenvalue weighted by Crippen LogP contribution is 2.66. The normalized spacial score (nSPS) is 24.0. The lowest BCUT2D eigenvalue weighted by Gasteiger charge is -2.65. The highest BCUT2D eigenvalue weighted by Gasteiger charge is 2.61. The van der Waals surface area contributed by atoms with Crippen LogP contribution in [0.1, 0.15) is 88.8 Å². The van der Waals surface area contributed by atoms with Crippen LogP contribution in [0.4, 0.5) is 0 Å². The van der Waals surface area contributed by atoms with Crippen LogP contribution in [0, 0.1) is 38.5 Å². The summed E-state index contributed by atoms with van der Waals surface area (Å²) in [6.07, 6.45) is 0. The molecule has 1 aromatic rings. The molecule has 1 aromatic carbocycles. The molecule has 0 bridgehead atoms. The first kappa shape index (κ1) is 17.6. The first-order valence-corrected chi connectivity index (χ1v) is 8.75. The molecule has 0 heteroatoms. The van der Waals surface area contributed by atoms with Gasteiger partial charge in [0.1, 0.15) is 0 Å². The van der Waals surface area contributed by atoms with Crippen LogP contribution in [0.3, 0.4) is 0 Å². The molecule has 0 radical (unpaired) electrons. The van der Waals surface area contributed by atoms with Gasteiger partial charge in [0.05, 0.1) is 0 Å². The summed E-state index contributed by atoms with van der Waals surface area (Å²) < 4.78 is 0. The van der Waals surface area contributed by atoms with Gasteiger partial charge in [-0.05, 0) is 82.7 Å². The molecule has 1 aliphatic carbocycles. The molecule has 0 heterocycles. The largest absolute Gasteiger partial charge is 0.0585 e. The number of rotatable bonds is 0. The second-order valence-corrected chi connectivity index (χ2v) is 9.75. The van der Waals surface area contributed by atoms with Gasteiger partial charge in [0.15, 0.2) is 0 Å². The molecular weight excluding hydrogens is 264 g/mol. The average Bonchev–Trinajstić information content (AvgIpc) is 2.37. The Morgan fingerprint density at radius 3 is 0.864 bits per heavy atom. The second-order valence-electron chi connectivity index (χ2n) is 9.75. The van der Waals surface area contributed by atoms with Crippen molar-refractivity contribution in [2.75, 3.05) is 0 Å². The van der Waals surface area contributed by atoms with Gasteiger partial charge >= 0.3 is 0 Å². The van der Waals surface area contributed by atoms with Crippen molar-refractivity contribution in [1.29, 1.82) is 0 Å². The third kappa shape index (κ3) is 1.65. The van der Waals surface area contributed by atoms with E-state index in [0.29, 0.717) is 0 Å². The number of benzene rings is 1. The molecule has 2 rings (SSSR count). The van der Waals surface area contributed by atoms with E-state index in [-0.39, 0.29) is 21.7 Å². The lowest BCUT2D eigenvalue weighted by atomic mass is 9.39. The molecule has 0 amide bonds. The fourth-order valence-electron chi connectivity index (χ4n) is 5.06. The maximum absolute atomic E-state index is 2.47. The molecule has 0 unspecified atom stereocenters. The van der Waals surface area contributed by atoms with Gasteiger partial charge < -0.3 is 0 Å². The molecule has 124 valence electrons. The summed E-state index contributed by atoms with van der Waals surface area (Å²) in [6, 6.07) is 0. The Hall–Kier alpha value is -0.780. The number of hydrogen-bond acceptors (Lipinski definition) is 0. The molecule has 0 aliphatic heterocycles. The van der Waals surface area contributed by atoms with Crippen molar-refractivity contribution in [2.45, 2.75) is 93.9 Å². The zero-order valence-electron chi connectivity index (χ0n) is 17.0. The summed E-state index contributed by atoms with van der Waals surface area (Å²) in [4.78, 5) is 0. The number of hydrogen-bond donors (Lipinski definition) is 0. The maximum atomic E-state index is 2.47. The summed E-state index contributed by atoms with van der Waals surface area (Å²) >= 11 is 0. The van der Waals surface area contributed by atoms with Crippen LogP contribution in [-0.2, 0) is 10.8 Å². The smallest absolute Gasteiger partial charge is 0.00413 e. The predicted molar refractivity (Wildman–Crippen MR) is 99.0 cm³/mol. The standard InChI is InChI=1S/C22H36/c1-13-14(2)16(4)18-17(15(13)3)19(5,6)21(9,10)22(11,12)20(18,7)8/h1-12H3. The molecule has 0 saturated carbocycles. The van der Waals surface area contributed by atoms with E-state index >= 15 is 0 Å². The Morgan fingerprint density at radius 2 is 0.636 bits per heavy atom. The van der Waals surface area contributed by atoms with Crippen LogP contribution >= 0.6 is 0 Å². The SMILES string of the molecule is Cc1c(C)c(C)c2c(c1C)C(C)(C)C(C)(C)C(C)(C)C2(C)C. The van der Waals surface area contributed by atoms with E-state index in [2.05, 4.69) is 83.1 Å². The molecule has 22 heavy (non-hydrogen) atoms. The fraction of sp³-hybridized carbons (Fsp3) is 0.727. The monoisotopic (exact) mass is 300 g/mol. The van der Waals surface area contributed by atoms with E-state index in [0.717, 1.165) is 0 Å². The predicted octanol–water partition coefficient (Wildman–Crippen LogP) is 6.54. The highest BCUT2D eigenvalue weighted by atomic mass is 14.6. The molecule has 0 nitrogen and oxygen atoms in total. The van der Waals surface area contributed by atoms with Crippen LogP contribution in [0.25, 0.3) is 0 Å². The maximum Gasteiger partial charge on any atom is -0.00413 e. The molecule has 0 aromatic heterocycles. The van der Waals surface area contributed by atoms with Crippen LogP contribution in [0.2, 0.25) is 0 Å². The number of fused-ring (bicyclic) bond motifs is 1. The van der Waals surface area contributed by atoms with E-state index in [4.69, 9.17) is 0 Å². The van der Waals surface area contributed by atoms with Gasteiger partial charge in [-0.1, -0.05) is 55.4 Å². The summed E-state index contributed by atoms with van der Waals surface area (Å²) in [5.74, 6) is 0. The molecular formula is C22H36. The molecule has 0 atom stereocenters. The third-order valence-electron chi connectivity index (χ3n) is 8.62.